The molecule has 0 saturated heterocycles. The number of amides is 3. The summed E-state index contributed by atoms with van der Waals surface area (Å²) in [5, 5.41) is 10.7. The van der Waals surface area contributed by atoms with Crippen LogP contribution in [0.25, 0.3) is 16.9 Å². The number of carbonyl (C=O) groups excluding carboxylic acids is 2. The first-order chi connectivity index (χ1) is 19.0. The molecule has 0 aliphatic heterocycles. The molecule has 1 heterocycles. The summed E-state index contributed by atoms with van der Waals surface area (Å²) in [6.45, 7) is 4.50. The average molecular weight is 526 g/mol. The molecule has 2 N–H and O–H groups in total. The lowest BCUT2D eigenvalue weighted by molar-refractivity contribution is -0.116. The van der Waals surface area contributed by atoms with E-state index in [0.717, 1.165) is 47.5 Å². The van der Waals surface area contributed by atoms with E-state index < -0.39 is 0 Å². The fraction of sp³-hybridized carbons (Fsp3) is 0.258. The summed E-state index contributed by atoms with van der Waals surface area (Å²) < 4.78 is 6.97. The number of urea groups is 1. The lowest BCUT2D eigenvalue weighted by atomic mass is 10.1. The number of aromatic nitrogens is 2. The van der Waals surface area contributed by atoms with Gasteiger partial charge in [-0.1, -0.05) is 62.7 Å². The van der Waals surface area contributed by atoms with E-state index in [1.165, 1.54) is 0 Å². The highest BCUT2D eigenvalue weighted by Gasteiger charge is 2.20. The van der Waals surface area contributed by atoms with Gasteiger partial charge in [-0.2, -0.15) is 5.10 Å². The summed E-state index contributed by atoms with van der Waals surface area (Å²) in [4.78, 5) is 28.0. The third-order valence-corrected chi connectivity index (χ3v) is 6.35. The Balaban J connectivity index is 1.55. The van der Waals surface area contributed by atoms with E-state index in [1.807, 2.05) is 84.9 Å². The van der Waals surface area contributed by atoms with Crippen LogP contribution in [0.4, 0.5) is 16.3 Å². The Morgan fingerprint density at radius 3 is 2.38 bits per heavy atom. The Bertz CT molecular complexity index is 1380. The van der Waals surface area contributed by atoms with Crippen LogP contribution in [0.1, 0.15) is 32.3 Å². The molecule has 3 aromatic carbocycles. The van der Waals surface area contributed by atoms with Crippen molar-refractivity contribution in [3.8, 4) is 22.7 Å². The van der Waals surface area contributed by atoms with Crippen molar-refractivity contribution in [1.29, 1.82) is 0 Å². The lowest BCUT2D eigenvalue weighted by Gasteiger charge is -2.23. The van der Waals surface area contributed by atoms with Crippen molar-refractivity contribution in [3.63, 3.8) is 0 Å². The lowest BCUT2D eigenvalue weighted by Crippen LogP contribution is -2.41. The maximum absolute atomic E-state index is 13.3. The van der Waals surface area contributed by atoms with Gasteiger partial charge < -0.3 is 20.3 Å². The molecule has 0 radical (unpaired) electrons. The van der Waals surface area contributed by atoms with Crippen LogP contribution in [0.2, 0.25) is 0 Å². The van der Waals surface area contributed by atoms with Crippen molar-refractivity contribution in [2.45, 2.75) is 33.1 Å². The Morgan fingerprint density at radius 1 is 0.923 bits per heavy atom. The number of rotatable bonds is 11. The van der Waals surface area contributed by atoms with Gasteiger partial charge in [0.25, 0.3) is 0 Å². The average Bonchev–Trinajstić information content (AvgIpc) is 3.39. The minimum Gasteiger partial charge on any atom is -0.497 e. The molecule has 0 spiro atoms. The van der Waals surface area contributed by atoms with Crippen molar-refractivity contribution < 1.29 is 14.3 Å². The van der Waals surface area contributed by atoms with Gasteiger partial charge in [0.1, 0.15) is 18.1 Å². The summed E-state index contributed by atoms with van der Waals surface area (Å²) in [6, 6.07) is 26.5. The summed E-state index contributed by atoms with van der Waals surface area (Å²) >= 11 is 0. The van der Waals surface area contributed by atoms with Crippen molar-refractivity contribution in [2.24, 2.45) is 0 Å². The normalized spacial score (nSPS) is 10.6. The molecule has 39 heavy (non-hydrogen) atoms. The second-order valence-corrected chi connectivity index (χ2v) is 9.20. The van der Waals surface area contributed by atoms with Gasteiger partial charge in [-0.05, 0) is 54.8 Å². The number of benzene rings is 3. The summed E-state index contributed by atoms with van der Waals surface area (Å²) in [5.41, 5.74) is 4.26. The summed E-state index contributed by atoms with van der Waals surface area (Å²) in [7, 11) is 1.61. The van der Waals surface area contributed by atoms with Crippen LogP contribution in [-0.4, -0.2) is 46.8 Å². The van der Waals surface area contributed by atoms with Crippen molar-refractivity contribution >= 4 is 23.4 Å². The first kappa shape index (κ1) is 27.4. The third-order valence-electron chi connectivity index (χ3n) is 6.35. The van der Waals surface area contributed by atoms with Gasteiger partial charge in [-0.15, -0.1) is 0 Å². The number of nitrogens with one attached hydrogen (secondary N) is 2. The molecule has 0 fully saturated rings. The van der Waals surface area contributed by atoms with Crippen LogP contribution in [0.15, 0.2) is 84.9 Å². The molecule has 4 aromatic rings. The fourth-order valence-electron chi connectivity index (χ4n) is 4.17. The molecule has 0 atom stereocenters. The number of nitrogens with zero attached hydrogens (tertiary/aromatic N) is 3. The quantitative estimate of drug-likeness (QED) is 0.238. The Morgan fingerprint density at radius 2 is 1.69 bits per heavy atom. The number of aryl methyl sites for hydroxylation is 1. The molecule has 0 aliphatic rings. The van der Waals surface area contributed by atoms with Crippen molar-refractivity contribution in [2.75, 3.05) is 30.8 Å². The zero-order valence-corrected chi connectivity index (χ0v) is 22.7. The number of hydrogen-bond acceptors (Lipinski definition) is 4. The number of unbranched alkanes of at least 4 members (excludes halogenated alkanes) is 1. The predicted molar refractivity (Wildman–Crippen MR) is 156 cm³/mol. The Labute approximate surface area is 229 Å². The monoisotopic (exact) mass is 525 g/mol. The second kappa shape index (κ2) is 13.3. The van der Waals surface area contributed by atoms with Gasteiger partial charge in [0.05, 0.1) is 18.5 Å². The SMILES string of the molecule is CCCCN(CC(=O)Nc1cc(-c2ccccc2)nn1-c1ccc(OC)cc1)C(=O)Nc1cccc(CC)c1. The van der Waals surface area contributed by atoms with Crippen molar-refractivity contribution in [3.05, 3.63) is 90.5 Å². The molecule has 8 heteroatoms. The van der Waals surface area contributed by atoms with E-state index in [4.69, 9.17) is 9.84 Å². The topological polar surface area (TPSA) is 88.5 Å². The van der Waals surface area contributed by atoms with Crippen LogP contribution in [0.5, 0.6) is 5.75 Å². The Kier molecular flexibility index (Phi) is 9.34. The molecule has 4 rings (SSSR count). The van der Waals surface area contributed by atoms with Gasteiger partial charge in [-0.3, -0.25) is 4.79 Å². The van der Waals surface area contributed by atoms with Crippen LogP contribution in [0, 0.1) is 0 Å². The van der Waals surface area contributed by atoms with Crippen LogP contribution >= 0.6 is 0 Å². The number of anilines is 2. The van der Waals surface area contributed by atoms with E-state index in [-0.39, 0.29) is 18.5 Å². The number of ether oxygens (including phenoxy) is 1. The number of hydrogen-bond donors (Lipinski definition) is 2. The molecule has 1 aromatic heterocycles. The second-order valence-electron chi connectivity index (χ2n) is 9.20. The van der Waals surface area contributed by atoms with Gasteiger partial charge >= 0.3 is 6.03 Å². The molecule has 0 aliphatic carbocycles. The van der Waals surface area contributed by atoms with Crippen LogP contribution in [-0.2, 0) is 11.2 Å². The standard InChI is InChI=1S/C31H35N5O3/c1-4-6-19-35(31(38)32-25-14-10-11-23(5-2)20-25)22-30(37)33-29-21-28(24-12-8-7-9-13-24)34-36(29)26-15-17-27(39-3)18-16-26/h7-18,20-21H,4-6,19,22H2,1-3H3,(H,32,38)(H,33,37). The third kappa shape index (κ3) is 7.25. The molecular formula is C31H35N5O3. The minimum atomic E-state index is -0.308. The molecule has 0 unspecified atom stereocenters. The molecule has 0 saturated carbocycles. The van der Waals surface area contributed by atoms with E-state index in [1.54, 1.807) is 16.7 Å². The van der Waals surface area contributed by atoms with Crippen LogP contribution in [0.3, 0.4) is 0 Å². The first-order valence-corrected chi connectivity index (χ1v) is 13.2. The zero-order chi connectivity index (χ0) is 27.6. The predicted octanol–water partition coefficient (Wildman–Crippen LogP) is 6.38. The molecule has 8 nitrogen and oxygen atoms in total. The van der Waals surface area contributed by atoms with Crippen LogP contribution < -0.4 is 15.4 Å². The van der Waals surface area contributed by atoms with E-state index >= 15 is 0 Å². The minimum absolute atomic E-state index is 0.0895. The molecule has 202 valence electrons. The highest BCUT2D eigenvalue weighted by molar-refractivity contribution is 5.97. The van der Waals surface area contributed by atoms with Gasteiger partial charge in [-0.25, -0.2) is 9.48 Å². The molecule has 0 bridgehead atoms. The summed E-state index contributed by atoms with van der Waals surface area (Å²) in [6.07, 6.45) is 2.57. The highest BCUT2D eigenvalue weighted by Crippen LogP contribution is 2.26. The summed E-state index contributed by atoms with van der Waals surface area (Å²) in [5.74, 6) is 0.926. The largest absolute Gasteiger partial charge is 0.497 e. The first-order valence-electron chi connectivity index (χ1n) is 13.2. The van der Waals surface area contributed by atoms with Gasteiger partial charge in [0.15, 0.2) is 0 Å². The van der Waals surface area contributed by atoms with E-state index in [0.29, 0.717) is 18.1 Å². The van der Waals surface area contributed by atoms with E-state index in [2.05, 4.69) is 24.5 Å². The fourth-order valence-corrected chi connectivity index (χ4v) is 4.17. The molecule has 3 amide bonds. The maximum atomic E-state index is 13.3. The maximum Gasteiger partial charge on any atom is 0.322 e. The smallest absolute Gasteiger partial charge is 0.322 e. The van der Waals surface area contributed by atoms with Gasteiger partial charge in [0.2, 0.25) is 5.91 Å². The molecular weight excluding hydrogens is 490 g/mol. The van der Waals surface area contributed by atoms with E-state index in [9.17, 15) is 9.59 Å². The number of carbonyl (C=O) groups is 2. The highest BCUT2D eigenvalue weighted by atomic mass is 16.5. The van der Waals surface area contributed by atoms with Crippen molar-refractivity contribution in [1.82, 2.24) is 14.7 Å². The zero-order valence-electron chi connectivity index (χ0n) is 22.7. The van der Waals surface area contributed by atoms with Gasteiger partial charge in [0, 0.05) is 23.9 Å². The number of methoxy groups -OCH3 is 1. The Hall–Kier alpha value is -4.59.